The Kier molecular flexibility index (Phi) is 4.62. The highest BCUT2D eigenvalue weighted by atomic mass is 16.5. The largest absolute Gasteiger partial charge is 0.497 e. The fourth-order valence-corrected chi connectivity index (χ4v) is 2.70. The summed E-state index contributed by atoms with van der Waals surface area (Å²) >= 11 is 0. The number of morpholine rings is 1. The average Bonchev–Trinajstić information content (AvgIpc) is 3.01. The molecule has 0 spiro atoms. The minimum absolute atomic E-state index is 0.0238. The summed E-state index contributed by atoms with van der Waals surface area (Å²) in [4.78, 5) is 18.2. The van der Waals surface area contributed by atoms with E-state index >= 15 is 0 Å². The maximum atomic E-state index is 12.5. The van der Waals surface area contributed by atoms with Crippen molar-refractivity contribution in [1.29, 1.82) is 0 Å². The Morgan fingerprint density at radius 3 is 2.83 bits per heavy atom. The molecule has 23 heavy (non-hydrogen) atoms. The van der Waals surface area contributed by atoms with Crippen LogP contribution in [0.15, 0.2) is 35.1 Å². The van der Waals surface area contributed by atoms with E-state index in [0.717, 1.165) is 17.7 Å². The van der Waals surface area contributed by atoms with Gasteiger partial charge in [-0.25, -0.2) is 4.98 Å². The molecule has 6 heteroatoms. The van der Waals surface area contributed by atoms with E-state index in [1.54, 1.807) is 18.9 Å². The van der Waals surface area contributed by atoms with Crippen LogP contribution in [0.1, 0.15) is 21.8 Å². The van der Waals surface area contributed by atoms with E-state index in [9.17, 15) is 4.79 Å². The average molecular weight is 316 g/mol. The molecule has 1 aliphatic rings. The van der Waals surface area contributed by atoms with Crippen LogP contribution in [0.25, 0.3) is 0 Å². The Bertz CT molecular complexity index is 665. The van der Waals surface area contributed by atoms with Crippen LogP contribution in [0.5, 0.6) is 5.75 Å². The quantitative estimate of drug-likeness (QED) is 0.864. The maximum Gasteiger partial charge on any atom is 0.291 e. The predicted molar refractivity (Wildman–Crippen MR) is 83.6 cm³/mol. The first-order chi connectivity index (χ1) is 11.2. The van der Waals surface area contributed by atoms with Gasteiger partial charge in [-0.2, -0.15) is 0 Å². The van der Waals surface area contributed by atoms with Gasteiger partial charge in [-0.1, -0.05) is 12.1 Å². The van der Waals surface area contributed by atoms with E-state index in [4.69, 9.17) is 13.9 Å². The Labute approximate surface area is 135 Å². The first kappa shape index (κ1) is 15.6. The van der Waals surface area contributed by atoms with Gasteiger partial charge in [0.1, 0.15) is 5.75 Å². The molecule has 1 fully saturated rings. The third kappa shape index (κ3) is 3.53. The van der Waals surface area contributed by atoms with Gasteiger partial charge in [0, 0.05) is 19.5 Å². The summed E-state index contributed by atoms with van der Waals surface area (Å²) in [6.45, 7) is 3.41. The van der Waals surface area contributed by atoms with Crippen LogP contribution in [0, 0.1) is 6.92 Å². The Balaban J connectivity index is 1.63. The summed E-state index contributed by atoms with van der Waals surface area (Å²) in [6.07, 6.45) is 2.03. The van der Waals surface area contributed by atoms with Gasteiger partial charge in [0.15, 0.2) is 6.39 Å². The van der Waals surface area contributed by atoms with Gasteiger partial charge in [-0.05, 0) is 24.6 Å². The van der Waals surface area contributed by atoms with Crippen molar-refractivity contribution < 1.29 is 18.7 Å². The number of hydrogen-bond donors (Lipinski definition) is 0. The van der Waals surface area contributed by atoms with Gasteiger partial charge in [-0.15, -0.1) is 0 Å². The number of aromatic nitrogens is 1. The number of aryl methyl sites for hydroxylation is 1. The molecule has 1 aromatic heterocycles. The molecule has 0 unspecified atom stereocenters. The summed E-state index contributed by atoms with van der Waals surface area (Å²) in [7, 11) is 1.65. The Hall–Kier alpha value is -2.34. The number of nitrogens with zero attached hydrogens (tertiary/aromatic N) is 2. The van der Waals surface area contributed by atoms with E-state index in [1.165, 1.54) is 6.39 Å². The summed E-state index contributed by atoms with van der Waals surface area (Å²) in [5.74, 6) is 1.02. The molecule has 6 nitrogen and oxygen atoms in total. The molecule has 0 aliphatic carbocycles. The third-order valence-electron chi connectivity index (χ3n) is 3.99. The molecule has 0 bridgehead atoms. The smallest absolute Gasteiger partial charge is 0.291 e. The highest BCUT2D eigenvalue weighted by Gasteiger charge is 2.28. The highest BCUT2D eigenvalue weighted by molar-refractivity contribution is 5.92. The zero-order valence-corrected chi connectivity index (χ0v) is 13.3. The van der Waals surface area contributed by atoms with Gasteiger partial charge >= 0.3 is 0 Å². The molecule has 0 saturated carbocycles. The predicted octanol–water partition coefficient (Wildman–Crippen LogP) is 2.08. The van der Waals surface area contributed by atoms with Crippen molar-refractivity contribution in [2.75, 3.05) is 26.8 Å². The van der Waals surface area contributed by atoms with Crippen LogP contribution < -0.4 is 4.74 Å². The van der Waals surface area contributed by atoms with Gasteiger partial charge in [0.25, 0.3) is 5.91 Å². The van der Waals surface area contributed by atoms with E-state index in [0.29, 0.717) is 31.2 Å². The van der Waals surface area contributed by atoms with Crippen molar-refractivity contribution >= 4 is 5.91 Å². The fraction of sp³-hybridized carbons (Fsp3) is 0.412. The van der Waals surface area contributed by atoms with Crippen LogP contribution >= 0.6 is 0 Å². The summed E-state index contributed by atoms with van der Waals surface area (Å²) < 4.78 is 16.2. The molecule has 1 amide bonds. The SMILES string of the molecule is COc1ccc(C[C@H]2CN(C(=O)c3ocnc3C)CCO2)cc1. The van der Waals surface area contributed by atoms with Crippen molar-refractivity contribution in [1.82, 2.24) is 9.88 Å². The lowest BCUT2D eigenvalue weighted by Gasteiger charge is -2.32. The van der Waals surface area contributed by atoms with Gasteiger partial charge < -0.3 is 18.8 Å². The van der Waals surface area contributed by atoms with E-state index in [1.807, 2.05) is 24.3 Å². The molecule has 1 aromatic carbocycles. The molecule has 1 saturated heterocycles. The summed E-state index contributed by atoms with van der Waals surface area (Å²) in [5.41, 5.74) is 1.77. The second-order valence-corrected chi connectivity index (χ2v) is 5.56. The van der Waals surface area contributed by atoms with E-state index < -0.39 is 0 Å². The molecular formula is C17H20N2O4. The number of ether oxygens (including phenoxy) is 2. The van der Waals surface area contributed by atoms with E-state index in [-0.39, 0.29) is 12.0 Å². The molecule has 0 radical (unpaired) electrons. The van der Waals surface area contributed by atoms with Gasteiger partial charge in [0.2, 0.25) is 5.76 Å². The second kappa shape index (κ2) is 6.83. The molecule has 122 valence electrons. The number of methoxy groups -OCH3 is 1. The third-order valence-corrected chi connectivity index (χ3v) is 3.99. The highest BCUT2D eigenvalue weighted by Crippen LogP contribution is 2.18. The first-order valence-corrected chi connectivity index (χ1v) is 7.61. The number of hydrogen-bond acceptors (Lipinski definition) is 5. The van der Waals surface area contributed by atoms with Gasteiger partial charge in [0.05, 0.1) is 25.5 Å². The van der Waals surface area contributed by atoms with Crippen molar-refractivity contribution in [3.05, 3.63) is 47.7 Å². The van der Waals surface area contributed by atoms with Crippen LogP contribution in [0.3, 0.4) is 0 Å². The molecule has 1 aliphatic heterocycles. The summed E-state index contributed by atoms with van der Waals surface area (Å²) in [6, 6.07) is 7.89. The second-order valence-electron chi connectivity index (χ2n) is 5.56. The zero-order valence-electron chi connectivity index (χ0n) is 13.3. The minimum atomic E-state index is -0.122. The standard InChI is InChI=1S/C17H20N2O4/c1-12-16(23-11-18-12)17(20)19-7-8-22-15(10-19)9-13-3-5-14(21-2)6-4-13/h3-6,11,15H,7-10H2,1-2H3/t15-/m0/s1. The van der Waals surface area contributed by atoms with Crippen LogP contribution in [-0.4, -0.2) is 48.7 Å². The molecule has 1 atom stereocenters. The number of carbonyl (C=O) groups excluding carboxylic acids is 1. The van der Waals surface area contributed by atoms with Crippen molar-refractivity contribution in [2.45, 2.75) is 19.4 Å². The Morgan fingerprint density at radius 2 is 2.17 bits per heavy atom. The van der Waals surface area contributed by atoms with Gasteiger partial charge in [-0.3, -0.25) is 4.79 Å². The van der Waals surface area contributed by atoms with Crippen LogP contribution in [-0.2, 0) is 11.2 Å². The lowest BCUT2D eigenvalue weighted by Crippen LogP contribution is -2.46. The first-order valence-electron chi connectivity index (χ1n) is 7.61. The number of oxazole rings is 1. The number of rotatable bonds is 4. The Morgan fingerprint density at radius 1 is 1.39 bits per heavy atom. The molecular weight excluding hydrogens is 296 g/mol. The van der Waals surface area contributed by atoms with Crippen molar-refractivity contribution in [3.63, 3.8) is 0 Å². The minimum Gasteiger partial charge on any atom is -0.497 e. The molecule has 2 aromatic rings. The van der Waals surface area contributed by atoms with E-state index in [2.05, 4.69) is 4.98 Å². The molecule has 0 N–H and O–H groups in total. The van der Waals surface area contributed by atoms with Crippen LogP contribution in [0.2, 0.25) is 0 Å². The van der Waals surface area contributed by atoms with Crippen LogP contribution in [0.4, 0.5) is 0 Å². The summed E-state index contributed by atoms with van der Waals surface area (Å²) in [5, 5.41) is 0. The lowest BCUT2D eigenvalue weighted by molar-refractivity contribution is -0.0218. The number of amides is 1. The van der Waals surface area contributed by atoms with Crippen molar-refractivity contribution in [2.24, 2.45) is 0 Å². The zero-order chi connectivity index (χ0) is 16.2. The molecule has 3 rings (SSSR count). The number of carbonyl (C=O) groups is 1. The van der Waals surface area contributed by atoms with Crippen molar-refractivity contribution in [3.8, 4) is 5.75 Å². The molecule has 2 heterocycles. The lowest BCUT2D eigenvalue weighted by atomic mass is 10.1. The fourth-order valence-electron chi connectivity index (χ4n) is 2.70. The monoisotopic (exact) mass is 316 g/mol. The normalized spacial score (nSPS) is 18.0. The topological polar surface area (TPSA) is 64.8 Å². The number of benzene rings is 1. The maximum absolute atomic E-state index is 12.5.